The van der Waals surface area contributed by atoms with Crippen molar-refractivity contribution in [2.75, 3.05) is 32.6 Å². The van der Waals surface area contributed by atoms with Gasteiger partial charge in [0.2, 0.25) is 5.91 Å². The van der Waals surface area contributed by atoms with Crippen LogP contribution in [0.25, 0.3) is 0 Å². The Morgan fingerprint density at radius 2 is 1.93 bits per heavy atom. The van der Waals surface area contributed by atoms with E-state index in [0.29, 0.717) is 23.8 Å². The van der Waals surface area contributed by atoms with Gasteiger partial charge in [-0.25, -0.2) is 0 Å². The summed E-state index contributed by atoms with van der Waals surface area (Å²) in [5, 5.41) is 8.89. The van der Waals surface area contributed by atoms with Crippen molar-refractivity contribution in [1.29, 1.82) is 0 Å². The van der Waals surface area contributed by atoms with Crippen LogP contribution in [0.2, 0.25) is 0 Å². The van der Waals surface area contributed by atoms with Crippen LogP contribution in [0.3, 0.4) is 0 Å². The standard InChI is InChI=1S/C22H26N4O3/c1-5-17-8-6-9-18(12-17)26-21(27)15-25-22(23-3)24-14-16(2)29-20-11-7-10-19(13-20)28-4/h1,6-13,16H,14-15H2,2-4H3,(H,26,27)(H2,23,24,25). The highest BCUT2D eigenvalue weighted by molar-refractivity contribution is 5.95. The van der Waals surface area contributed by atoms with Crippen molar-refractivity contribution in [2.45, 2.75) is 13.0 Å². The minimum atomic E-state index is -0.206. The Bertz CT molecular complexity index is 890. The lowest BCUT2D eigenvalue weighted by atomic mass is 10.2. The molecule has 3 N–H and O–H groups in total. The average molecular weight is 394 g/mol. The van der Waals surface area contributed by atoms with Gasteiger partial charge >= 0.3 is 0 Å². The van der Waals surface area contributed by atoms with E-state index < -0.39 is 0 Å². The first-order chi connectivity index (χ1) is 14.0. The molecule has 7 nitrogen and oxygen atoms in total. The molecule has 1 unspecified atom stereocenters. The van der Waals surface area contributed by atoms with Crippen LogP contribution in [0.5, 0.6) is 11.5 Å². The van der Waals surface area contributed by atoms with Gasteiger partial charge in [-0.15, -0.1) is 6.42 Å². The number of aliphatic imine (C=N–C) groups is 1. The number of ether oxygens (including phenoxy) is 2. The van der Waals surface area contributed by atoms with Gasteiger partial charge in [-0.2, -0.15) is 0 Å². The molecule has 0 saturated carbocycles. The summed E-state index contributed by atoms with van der Waals surface area (Å²) in [6.07, 6.45) is 5.25. The Balaban J connectivity index is 1.76. The molecule has 1 amide bonds. The summed E-state index contributed by atoms with van der Waals surface area (Å²) in [6, 6.07) is 14.5. The molecule has 7 heteroatoms. The van der Waals surface area contributed by atoms with Crippen LogP contribution >= 0.6 is 0 Å². The number of nitrogens with one attached hydrogen (secondary N) is 3. The summed E-state index contributed by atoms with van der Waals surface area (Å²) in [5.74, 6) is 4.28. The van der Waals surface area contributed by atoms with Crippen molar-refractivity contribution in [1.82, 2.24) is 10.6 Å². The predicted molar refractivity (Wildman–Crippen MR) is 115 cm³/mol. The van der Waals surface area contributed by atoms with Gasteiger partial charge in [0.15, 0.2) is 5.96 Å². The van der Waals surface area contributed by atoms with Crippen LogP contribution in [0.4, 0.5) is 5.69 Å². The van der Waals surface area contributed by atoms with Crippen molar-refractivity contribution < 1.29 is 14.3 Å². The SMILES string of the molecule is C#Cc1cccc(NC(=O)CNC(=NC)NCC(C)Oc2cccc(OC)c2)c1. The van der Waals surface area contributed by atoms with Gasteiger partial charge in [-0.05, 0) is 37.3 Å². The Hall–Kier alpha value is -3.66. The van der Waals surface area contributed by atoms with Gasteiger partial charge in [-0.3, -0.25) is 9.79 Å². The van der Waals surface area contributed by atoms with Gasteiger partial charge < -0.3 is 25.4 Å². The lowest BCUT2D eigenvalue weighted by Crippen LogP contribution is -2.44. The van der Waals surface area contributed by atoms with Crippen LogP contribution in [0.1, 0.15) is 12.5 Å². The fourth-order valence-electron chi connectivity index (χ4n) is 2.47. The van der Waals surface area contributed by atoms with Crippen LogP contribution in [-0.4, -0.2) is 45.2 Å². The highest BCUT2D eigenvalue weighted by Gasteiger charge is 2.08. The van der Waals surface area contributed by atoms with E-state index in [2.05, 4.69) is 26.9 Å². The number of hydrogen-bond acceptors (Lipinski definition) is 4. The van der Waals surface area contributed by atoms with E-state index in [4.69, 9.17) is 15.9 Å². The number of anilines is 1. The molecule has 29 heavy (non-hydrogen) atoms. The molecular formula is C22H26N4O3. The monoisotopic (exact) mass is 394 g/mol. The molecule has 0 aliphatic rings. The van der Waals surface area contributed by atoms with Crippen LogP contribution in [0.15, 0.2) is 53.5 Å². The molecule has 2 rings (SSSR count). The van der Waals surface area contributed by atoms with E-state index in [1.807, 2.05) is 31.2 Å². The first kappa shape index (κ1) is 21.6. The van der Waals surface area contributed by atoms with E-state index in [0.717, 1.165) is 11.5 Å². The van der Waals surface area contributed by atoms with E-state index >= 15 is 0 Å². The van der Waals surface area contributed by atoms with Crippen molar-refractivity contribution in [2.24, 2.45) is 4.99 Å². The summed E-state index contributed by atoms with van der Waals surface area (Å²) < 4.78 is 11.0. The summed E-state index contributed by atoms with van der Waals surface area (Å²) in [5.41, 5.74) is 1.36. The molecule has 2 aromatic carbocycles. The van der Waals surface area contributed by atoms with Gasteiger partial charge in [-0.1, -0.05) is 18.1 Å². The largest absolute Gasteiger partial charge is 0.497 e. The predicted octanol–water partition coefficient (Wildman–Crippen LogP) is 2.25. The molecular weight excluding hydrogens is 368 g/mol. The third-order valence-corrected chi connectivity index (χ3v) is 3.89. The quantitative estimate of drug-likeness (QED) is 0.363. The molecule has 0 saturated heterocycles. The lowest BCUT2D eigenvalue weighted by molar-refractivity contribution is -0.115. The number of terminal acetylenes is 1. The van der Waals surface area contributed by atoms with Crippen LogP contribution in [0, 0.1) is 12.3 Å². The maximum atomic E-state index is 12.1. The zero-order valence-electron chi connectivity index (χ0n) is 16.9. The molecule has 2 aromatic rings. The summed E-state index contributed by atoms with van der Waals surface area (Å²) in [6.45, 7) is 2.50. The second-order valence-electron chi connectivity index (χ2n) is 6.19. The Morgan fingerprint density at radius 3 is 2.66 bits per heavy atom. The molecule has 0 bridgehead atoms. The van der Waals surface area contributed by atoms with Crippen molar-refractivity contribution in [3.8, 4) is 23.8 Å². The normalized spacial score (nSPS) is 11.7. The molecule has 0 aliphatic heterocycles. The molecule has 0 radical (unpaired) electrons. The van der Waals surface area contributed by atoms with Crippen molar-refractivity contribution in [3.63, 3.8) is 0 Å². The summed E-state index contributed by atoms with van der Waals surface area (Å²) >= 11 is 0. The fraction of sp³-hybridized carbons (Fsp3) is 0.273. The summed E-state index contributed by atoms with van der Waals surface area (Å²) in [7, 11) is 3.25. The maximum absolute atomic E-state index is 12.1. The first-order valence-electron chi connectivity index (χ1n) is 9.15. The van der Waals surface area contributed by atoms with Crippen molar-refractivity contribution in [3.05, 3.63) is 54.1 Å². The zero-order valence-corrected chi connectivity index (χ0v) is 16.9. The number of amides is 1. The van der Waals surface area contributed by atoms with Crippen LogP contribution in [-0.2, 0) is 4.79 Å². The average Bonchev–Trinajstić information content (AvgIpc) is 2.74. The second-order valence-corrected chi connectivity index (χ2v) is 6.19. The number of carbonyl (C=O) groups is 1. The number of benzene rings is 2. The third-order valence-electron chi connectivity index (χ3n) is 3.89. The topological polar surface area (TPSA) is 84.0 Å². The van der Waals surface area contributed by atoms with Gasteiger partial charge in [0, 0.05) is 24.4 Å². The van der Waals surface area contributed by atoms with E-state index in [1.165, 1.54) is 0 Å². The number of methoxy groups -OCH3 is 1. The second kappa shape index (κ2) is 11.2. The number of guanidine groups is 1. The third kappa shape index (κ3) is 7.46. The lowest BCUT2D eigenvalue weighted by Gasteiger charge is -2.18. The number of rotatable bonds is 8. The molecule has 0 aliphatic carbocycles. The van der Waals surface area contributed by atoms with Crippen LogP contribution < -0.4 is 25.4 Å². The van der Waals surface area contributed by atoms with Gasteiger partial charge in [0.25, 0.3) is 0 Å². The van der Waals surface area contributed by atoms with Crippen molar-refractivity contribution >= 4 is 17.6 Å². The molecule has 0 aromatic heterocycles. The Labute approximate surface area is 171 Å². The number of nitrogens with zero attached hydrogens (tertiary/aromatic N) is 1. The minimum absolute atomic E-state index is 0.0606. The highest BCUT2D eigenvalue weighted by atomic mass is 16.5. The fourth-order valence-corrected chi connectivity index (χ4v) is 2.47. The highest BCUT2D eigenvalue weighted by Crippen LogP contribution is 2.19. The number of hydrogen-bond donors (Lipinski definition) is 3. The Kier molecular flexibility index (Phi) is 8.39. The Morgan fingerprint density at radius 1 is 1.17 bits per heavy atom. The molecule has 1 atom stereocenters. The summed E-state index contributed by atoms with van der Waals surface area (Å²) in [4.78, 5) is 16.2. The molecule has 152 valence electrons. The van der Waals surface area contributed by atoms with Gasteiger partial charge in [0.1, 0.15) is 17.6 Å². The molecule has 0 fully saturated rings. The van der Waals surface area contributed by atoms with E-state index in [9.17, 15) is 4.79 Å². The smallest absolute Gasteiger partial charge is 0.243 e. The molecule has 0 spiro atoms. The number of carbonyl (C=O) groups excluding carboxylic acids is 1. The molecule has 0 heterocycles. The minimum Gasteiger partial charge on any atom is -0.497 e. The van der Waals surface area contributed by atoms with E-state index in [1.54, 1.807) is 38.4 Å². The van der Waals surface area contributed by atoms with Gasteiger partial charge in [0.05, 0.1) is 20.2 Å². The van der Waals surface area contributed by atoms with E-state index in [-0.39, 0.29) is 18.6 Å². The zero-order chi connectivity index (χ0) is 21.1. The maximum Gasteiger partial charge on any atom is 0.243 e. The first-order valence-corrected chi connectivity index (χ1v) is 9.15.